The molecule has 16 atom stereocenters. The van der Waals surface area contributed by atoms with Crippen molar-refractivity contribution < 1.29 is 68.0 Å². The monoisotopic (exact) mass is 771 g/mol. The van der Waals surface area contributed by atoms with Gasteiger partial charge in [-0.05, 0) is 60.0 Å². The molecule has 0 aliphatic carbocycles. The summed E-state index contributed by atoms with van der Waals surface area (Å²) < 4.78 is 42.2. The van der Waals surface area contributed by atoms with Gasteiger partial charge in [0.05, 0.1) is 48.9 Å². The van der Waals surface area contributed by atoms with Crippen LogP contribution in [0.2, 0.25) is 0 Å². The standard InChI is InChI=1S/C39H65NO14/c1-21(2)37(46)54-36-25(6)50-30(20-39(36,7)47)52-33-24(5)51-38(32(45)31(33)40(8)9)53-34-26(16-17-41)18-22(3)27(42)15-13-11-12-14-23(4)49-29(44)19-28(43)35(34)48-10/h11-13,15,17,21-28,30-36,38,42-43,45,47H,14,16,18-20H2,1-10H3/b12-11+,15-13+/t22-,23-,24-,25+,26+,27+,28-,30+,31-,32-,33-,34+,35?,36+,38+,39-/m1/s1. The lowest BCUT2D eigenvalue weighted by Gasteiger charge is -2.50. The van der Waals surface area contributed by atoms with Gasteiger partial charge in [0.15, 0.2) is 18.7 Å². The lowest BCUT2D eigenvalue weighted by molar-refractivity contribution is -0.344. The van der Waals surface area contributed by atoms with Gasteiger partial charge >= 0.3 is 11.9 Å². The highest BCUT2D eigenvalue weighted by Crippen LogP contribution is 2.37. The van der Waals surface area contributed by atoms with E-state index in [0.29, 0.717) is 12.7 Å². The first-order valence-electron chi connectivity index (χ1n) is 19.1. The van der Waals surface area contributed by atoms with E-state index < -0.39 is 115 Å². The Morgan fingerprint density at radius 1 is 1.04 bits per heavy atom. The van der Waals surface area contributed by atoms with Gasteiger partial charge < -0.3 is 63.3 Å². The van der Waals surface area contributed by atoms with E-state index in [2.05, 4.69) is 0 Å². The zero-order valence-corrected chi connectivity index (χ0v) is 33.5. The van der Waals surface area contributed by atoms with Gasteiger partial charge in [0, 0.05) is 26.4 Å². The number of aliphatic hydroxyl groups excluding tert-OH is 3. The van der Waals surface area contributed by atoms with Gasteiger partial charge in [0.1, 0.15) is 36.3 Å². The largest absolute Gasteiger partial charge is 0.462 e. The molecule has 0 radical (unpaired) electrons. The summed E-state index contributed by atoms with van der Waals surface area (Å²) in [5, 5.41) is 45.7. The van der Waals surface area contributed by atoms with Crippen molar-refractivity contribution in [1.82, 2.24) is 4.90 Å². The van der Waals surface area contributed by atoms with E-state index in [-0.39, 0.29) is 25.2 Å². The second-order valence-corrected chi connectivity index (χ2v) is 15.9. The van der Waals surface area contributed by atoms with Crippen LogP contribution < -0.4 is 0 Å². The molecule has 2 saturated heterocycles. The lowest BCUT2D eigenvalue weighted by Crippen LogP contribution is -2.66. The molecular formula is C39H65NO14. The number of carbonyl (C=O) groups excluding carboxylic acids is 3. The van der Waals surface area contributed by atoms with Crippen LogP contribution >= 0.6 is 0 Å². The van der Waals surface area contributed by atoms with Gasteiger partial charge in [-0.1, -0.05) is 45.1 Å². The molecule has 3 aliphatic heterocycles. The van der Waals surface area contributed by atoms with Crippen molar-refractivity contribution in [3.05, 3.63) is 24.3 Å². The molecule has 0 aromatic carbocycles. The minimum atomic E-state index is -1.49. The van der Waals surface area contributed by atoms with Crippen LogP contribution in [0.5, 0.6) is 0 Å². The molecule has 2 fully saturated rings. The van der Waals surface area contributed by atoms with Crippen molar-refractivity contribution in [2.24, 2.45) is 17.8 Å². The van der Waals surface area contributed by atoms with Gasteiger partial charge in [-0.15, -0.1) is 0 Å². The van der Waals surface area contributed by atoms with Crippen LogP contribution in [0, 0.1) is 17.8 Å². The number of nitrogens with zero attached hydrogens (tertiary/aromatic N) is 1. The second kappa shape index (κ2) is 20.7. The number of esters is 2. The molecule has 15 nitrogen and oxygen atoms in total. The predicted molar refractivity (Wildman–Crippen MR) is 196 cm³/mol. The third-order valence-corrected chi connectivity index (χ3v) is 10.5. The minimum Gasteiger partial charge on any atom is -0.462 e. The van der Waals surface area contributed by atoms with E-state index >= 15 is 0 Å². The minimum absolute atomic E-state index is 0.0354. The molecular weight excluding hydrogens is 706 g/mol. The number of ether oxygens (including phenoxy) is 7. The van der Waals surface area contributed by atoms with Crippen LogP contribution in [-0.2, 0) is 47.5 Å². The molecule has 0 spiro atoms. The average Bonchev–Trinajstić information content (AvgIpc) is 3.06. The smallest absolute Gasteiger partial charge is 0.308 e. The van der Waals surface area contributed by atoms with Gasteiger partial charge in [-0.2, -0.15) is 0 Å². The summed E-state index contributed by atoms with van der Waals surface area (Å²) in [6, 6.07) is -0.754. The van der Waals surface area contributed by atoms with Crippen molar-refractivity contribution in [1.29, 1.82) is 0 Å². The van der Waals surface area contributed by atoms with Crippen LogP contribution in [0.4, 0.5) is 0 Å². The Balaban J connectivity index is 1.92. The van der Waals surface area contributed by atoms with Crippen LogP contribution in [0.25, 0.3) is 0 Å². The maximum atomic E-state index is 12.9. The van der Waals surface area contributed by atoms with Crippen LogP contribution in [0.15, 0.2) is 24.3 Å². The van der Waals surface area contributed by atoms with E-state index in [1.54, 1.807) is 78.8 Å². The lowest BCUT2D eigenvalue weighted by atomic mass is 9.82. The molecule has 0 bridgehead atoms. The molecule has 0 saturated carbocycles. The number of hydrogen-bond donors (Lipinski definition) is 4. The number of likely N-dealkylation sites (N-methyl/N-ethyl adjacent to an activating group) is 1. The molecule has 0 aromatic rings. The Labute approximate surface area is 319 Å². The summed E-state index contributed by atoms with van der Waals surface area (Å²) >= 11 is 0. The Kier molecular flexibility index (Phi) is 17.7. The highest BCUT2D eigenvalue weighted by Gasteiger charge is 2.52. The van der Waals surface area contributed by atoms with Crippen molar-refractivity contribution >= 4 is 18.2 Å². The Morgan fingerprint density at radius 2 is 1.72 bits per heavy atom. The number of methoxy groups -OCH3 is 1. The Bertz CT molecular complexity index is 1260. The van der Waals surface area contributed by atoms with Crippen LogP contribution in [0.1, 0.15) is 80.6 Å². The molecule has 54 heavy (non-hydrogen) atoms. The van der Waals surface area contributed by atoms with E-state index in [1.165, 1.54) is 7.11 Å². The van der Waals surface area contributed by atoms with E-state index in [9.17, 15) is 34.8 Å². The van der Waals surface area contributed by atoms with Gasteiger partial charge in [-0.3, -0.25) is 9.59 Å². The first kappa shape index (κ1) is 46.1. The van der Waals surface area contributed by atoms with Gasteiger partial charge in [-0.25, -0.2) is 0 Å². The average molecular weight is 772 g/mol. The number of aliphatic hydroxyl groups is 4. The van der Waals surface area contributed by atoms with E-state index in [1.807, 2.05) is 13.0 Å². The number of hydrogen-bond acceptors (Lipinski definition) is 15. The quantitative estimate of drug-likeness (QED) is 0.186. The highest BCUT2D eigenvalue weighted by atomic mass is 16.7. The summed E-state index contributed by atoms with van der Waals surface area (Å²) in [7, 11) is 4.85. The second-order valence-electron chi connectivity index (χ2n) is 15.9. The zero-order chi connectivity index (χ0) is 40.5. The van der Waals surface area contributed by atoms with Crippen molar-refractivity contribution in [3.8, 4) is 0 Å². The van der Waals surface area contributed by atoms with Crippen LogP contribution in [-0.4, -0.2) is 150 Å². The summed E-state index contributed by atoms with van der Waals surface area (Å²) in [5.41, 5.74) is -1.49. The van der Waals surface area contributed by atoms with E-state index in [0.717, 1.165) is 0 Å². The number of carbonyl (C=O) groups is 3. The zero-order valence-electron chi connectivity index (χ0n) is 33.5. The third kappa shape index (κ3) is 12.3. The highest BCUT2D eigenvalue weighted by molar-refractivity contribution is 5.72. The maximum Gasteiger partial charge on any atom is 0.308 e. The van der Waals surface area contributed by atoms with E-state index in [4.69, 9.17) is 33.2 Å². The molecule has 310 valence electrons. The molecule has 15 heteroatoms. The van der Waals surface area contributed by atoms with Crippen LogP contribution in [0.3, 0.4) is 0 Å². The summed E-state index contributed by atoms with van der Waals surface area (Å²) in [6.07, 6.45) is -4.14. The van der Waals surface area contributed by atoms with Gasteiger partial charge in [0.2, 0.25) is 0 Å². The normalized spacial score (nSPS) is 43.0. The van der Waals surface area contributed by atoms with Gasteiger partial charge in [0.25, 0.3) is 0 Å². The Hall–Kier alpha value is -2.31. The fourth-order valence-electron chi connectivity index (χ4n) is 7.51. The molecule has 0 aromatic heterocycles. The number of allylic oxidation sites excluding steroid dienone is 2. The predicted octanol–water partition coefficient (Wildman–Crippen LogP) is 2.05. The molecule has 3 heterocycles. The topological polar surface area (TPSA) is 200 Å². The molecule has 0 amide bonds. The molecule has 3 rings (SSSR count). The summed E-state index contributed by atoms with van der Waals surface area (Å²) in [4.78, 5) is 39.1. The van der Waals surface area contributed by atoms with Crippen molar-refractivity contribution in [2.75, 3.05) is 21.2 Å². The molecule has 3 aliphatic rings. The summed E-state index contributed by atoms with van der Waals surface area (Å²) in [5.74, 6) is -2.54. The fraction of sp³-hybridized carbons (Fsp3) is 0.821. The first-order chi connectivity index (χ1) is 25.3. The van der Waals surface area contributed by atoms with Crippen molar-refractivity contribution in [3.63, 3.8) is 0 Å². The number of rotatable bonds is 10. The SMILES string of the molecule is COC1[C@H](O)CC(=O)O[C@H](C)C/C=C/C=C/[C@H](O)[C@H](C)C[C@H](CC=O)[C@@H]1O[C@@H]1O[C@H](C)[C@@H](O[C@H]2C[C@@](C)(O)[C@@H](OC(=O)C(C)C)[C@H](C)O2)[C@H](N(C)C)[C@H]1O. The Morgan fingerprint density at radius 3 is 2.31 bits per heavy atom. The number of cyclic esters (lactones) is 1. The van der Waals surface area contributed by atoms with Crippen molar-refractivity contribution in [2.45, 2.75) is 166 Å². The molecule has 1 unspecified atom stereocenters. The maximum absolute atomic E-state index is 12.9. The fourth-order valence-corrected chi connectivity index (χ4v) is 7.51. The third-order valence-electron chi connectivity index (χ3n) is 10.5. The summed E-state index contributed by atoms with van der Waals surface area (Å²) in [6.45, 7) is 11.9. The number of aldehydes is 1. The molecule has 4 N–H and O–H groups in total. The first-order valence-corrected chi connectivity index (χ1v) is 19.1.